The average molecular weight is 888 g/mol. The fraction of sp³-hybridized carbons (Fsp3) is 0.562. The molecule has 6 rings (SSSR count). The normalized spacial score (nSPS) is 26.4. The number of fused-ring (bicyclic) bond motifs is 1. The molecule has 0 aromatic heterocycles. The minimum Gasteiger partial charge on any atom is -0.461 e. The minimum absolute atomic E-state index is 0.0153. The number of Topliss-reactive ketones (excluding diaryl/α,β-unsaturated/α-hetero) is 1. The van der Waals surface area contributed by atoms with E-state index in [4.69, 9.17) is 23.7 Å². The largest absolute Gasteiger partial charge is 0.545 e. The van der Waals surface area contributed by atoms with Gasteiger partial charge in [0.1, 0.15) is 35.9 Å². The zero-order valence-corrected chi connectivity index (χ0v) is 38.4. The number of methoxy groups -OCH3 is 2. The van der Waals surface area contributed by atoms with Crippen molar-refractivity contribution in [3.63, 3.8) is 0 Å². The molecule has 7 atom stereocenters. The molecule has 3 saturated heterocycles. The van der Waals surface area contributed by atoms with Crippen molar-refractivity contribution >= 4 is 52.5 Å². The number of carbonyl (C=O) groups is 6. The van der Waals surface area contributed by atoms with Gasteiger partial charge in [0.25, 0.3) is 5.91 Å². The van der Waals surface area contributed by atoms with Gasteiger partial charge in [0.2, 0.25) is 11.9 Å². The van der Waals surface area contributed by atoms with Crippen molar-refractivity contribution in [2.45, 2.75) is 121 Å². The van der Waals surface area contributed by atoms with Gasteiger partial charge in [0, 0.05) is 30.0 Å². The van der Waals surface area contributed by atoms with Crippen molar-refractivity contribution in [3.05, 3.63) is 71.3 Å². The van der Waals surface area contributed by atoms with Gasteiger partial charge in [-0.1, -0.05) is 89.2 Å². The topological polar surface area (TPSA) is 205 Å². The number of hydrogen-bond acceptors (Lipinski definition) is 11. The van der Waals surface area contributed by atoms with Crippen LogP contribution in [0.25, 0.3) is 10.8 Å². The highest BCUT2D eigenvalue weighted by Crippen LogP contribution is 2.46. The Morgan fingerprint density at radius 2 is 1.47 bits per heavy atom. The van der Waals surface area contributed by atoms with E-state index in [1.165, 1.54) is 24.0 Å². The number of aliphatic hydroxyl groups excluding tert-OH is 1. The fourth-order valence-electron chi connectivity index (χ4n) is 9.23. The second-order valence-corrected chi connectivity index (χ2v) is 18.5. The van der Waals surface area contributed by atoms with Gasteiger partial charge in [-0.2, -0.15) is 4.99 Å². The summed E-state index contributed by atoms with van der Waals surface area (Å²) in [6.07, 6.45) is 6.19. The number of carbonyl (C=O) groups excluding carboxylic acids is 6. The molecule has 3 fully saturated rings. The van der Waals surface area contributed by atoms with Gasteiger partial charge in [-0.15, -0.1) is 0 Å². The smallest absolute Gasteiger partial charge is 0.461 e. The molecule has 3 heterocycles. The lowest BCUT2D eigenvalue weighted by molar-refractivity contribution is -0.516. The van der Waals surface area contributed by atoms with Gasteiger partial charge < -0.3 is 43.9 Å². The number of nitrogens with zero attached hydrogens (tertiary/aromatic N) is 2. The Balaban J connectivity index is 1.07. The third-order valence-electron chi connectivity index (χ3n) is 13.4. The summed E-state index contributed by atoms with van der Waals surface area (Å²) < 4.78 is 27.1. The number of amides is 3. The van der Waals surface area contributed by atoms with Crippen LogP contribution in [-0.2, 0) is 53.1 Å². The molecule has 16 heteroatoms. The molecule has 0 bridgehead atoms. The van der Waals surface area contributed by atoms with E-state index in [0.717, 1.165) is 21.9 Å². The van der Waals surface area contributed by atoms with Crippen LogP contribution in [-0.4, -0.2) is 126 Å². The zero-order chi connectivity index (χ0) is 46.7. The second-order valence-electron chi connectivity index (χ2n) is 18.5. The Kier molecular flexibility index (Phi) is 14.3. The third kappa shape index (κ3) is 9.52. The number of allylic oxidation sites excluding steroid dienone is 3. The second kappa shape index (κ2) is 19.1. The van der Waals surface area contributed by atoms with Crippen LogP contribution in [0.3, 0.4) is 0 Å². The molecule has 64 heavy (non-hydrogen) atoms. The number of nitrogens with one attached hydrogen (secondary N) is 2. The lowest BCUT2D eigenvalue weighted by Gasteiger charge is -2.36. The lowest BCUT2D eigenvalue weighted by atomic mass is 9.73. The first-order valence-electron chi connectivity index (χ1n) is 22.1. The maximum absolute atomic E-state index is 13.7. The van der Waals surface area contributed by atoms with Crippen LogP contribution in [0.4, 0.5) is 4.79 Å². The van der Waals surface area contributed by atoms with Crippen molar-refractivity contribution in [1.29, 1.82) is 0 Å². The van der Waals surface area contributed by atoms with E-state index in [0.29, 0.717) is 50.8 Å². The van der Waals surface area contributed by atoms with E-state index < -0.39 is 65.2 Å². The van der Waals surface area contributed by atoms with E-state index in [1.807, 2.05) is 50.3 Å². The predicted octanol–water partition coefficient (Wildman–Crippen LogP) is 3.89. The van der Waals surface area contributed by atoms with Crippen LogP contribution in [0.5, 0.6) is 0 Å². The van der Waals surface area contributed by atoms with E-state index in [1.54, 1.807) is 33.8 Å². The van der Waals surface area contributed by atoms with E-state index in [9.17, 15) is 33.9 Å². The van der Waals surface area contributed by atoms with Crippen LogP contribution in [0.1, 0.15) is 97.8 Å². The molecule has 0 saturated carbocycles. The molecule has 2 aromatic carbocycles. The summed E-state index contributed by atoms with van der Waals surface area (Å²) in [7, 11) is 2.51. The van der Waals surface area contributed by atoms with Gasteiger partial charge >= 0.3 is 24.1 Å². The molecule has 4 aliphatic rings. The first kappa shape index (κ1) is 47.7. The van der Waals surface area contributed by atoms with Crippen LogP contribution >= 0.6 is 0 Å². The standard InChI is InChI=1S/C48H62N4O12/c1-28(2)37(49-44(58)60-8)40(54)51-24-12-20-47(51,6)42(56)62-26-35(53)30-18-22-46(5,23-19-30)34-17-16-33(31-14-10-11-15-32(31)34)39-36(64-39)27-63-43(57)48(7)21-13-25-52(48)41(55)38(29(3)4)50-45(59)61-9/h10-11,14-19,22,28-29,36-39H,12-13,20-21,23-27H2,1-9H3,(H,49,58)(H,50,59)/p+1/t36?,37-,38-,39?,46?,47-,48-/m0/s1. The summed E-state index contributed by atoms with van der Waals surface area (Å²) in [4.78, 5) is 85.5. The number of aliphatic hydroxyl groups is 1. The SMILES string of the molecule is COC(=O)N[C@H](C(=O)N1CCC[C@@]1(C)C(=O)OCC(=O)C1=CCC(C)(c2ccc(C3OC3COC(=O)[C@]3(C)CCCN3C(=O)[C@@H]([NH+]=C(O)OC)C(C)C)c3ccccc23)C=C1)C(C)C. The highest BCUT2D eigenvalue weighted by Gasteiger charge is 2.52. The third-order valence-corrected chi connectivity index (χ3v) is 13.4. The summed E-state index contributed by atoms with van der Waals surface area (Å²) in [5.74, 6) is -2.77. The Hall–Kier alpha value is -5.77. The Morgan fingerprint density at radius 1 is 0.844 bits per heavy atom. The van der Waals surface area contributed by atoms with E-state index >= 15 is 0 Å². The Labute approximate surface area is 374 Å². The van der Waals surface area contributed by atoms with E-state index in [2.05, 4.69) is 29.4 Å². The predicted molar refractivity (Wildman–Crippen MR) is 235 cm³/mol. The quantitative estimate of drug-likeness (QED) is 0.0767. The first-order valence-corrected chi connectivity index (χ1v) is 22.1. The van der Waals surface area contributed by atoms with Crippen LogP contribution in [0.2, 0.25) is 0 Å². The number of benzene rings is 2. The summed E-state index contributed by atoms with van der Waals surface area (Å²) in [5, 5.41) is 14.5. The molecule has 3 unspecified atom stereocenters. The lowest BCUT2D eigenvalue weighted by Crippen LogP contribution is -2.85. The summed E-state index contributed by atoms with van der Waals surface area (Å²) in [5.41, 5.74) is -0.542. The summed E-state index contributed by atoms with van der Waals surface area (Å²) in [6, 6.07) is 10.4. The number of ketones is 1. The van der Waals surface area contributed by atoms with Crippen LogP contribution < -0.4 is 10.3 Å². The number of hydrogen-bond donors (Lipinski definition) is 3. The molecule has 2 aromatic rings. The number of epoxide rings is 1. The number of ether oxygens (including phenoxy) is 5. The average Bonchev–Trinajstić information content (AvgIpc) is 3.76. The van der Waals surface area contributed by atoms with Gasteiger partial charge in [-0.3, -0.25) is 14.4 Å². The fourth-order valence-corrected chi connectivity index (χ4v) is 9.23. The monoisotopic (exact) mass is 887 g/mol. The molecule has 1 aliphatic carbocycles. The van der Waals surface area contributed by atoms with Crippen LogP contribution in [0, 0.1) is 11.8 Å². The van der Waals surface area contributed by atoms with Crippen molar-refractivity contribution in [3.8, 4) is 0 Å². The molecule has 3 amide bonds. The molecule has 346 valence electrons. The number of rotatable bonds is 15. The van der Waals surface area contributed by atoms with Gasteiger partial charge in [0.05, 0.1) is 14.2 Å². The van der Waals surface area contributed by atoms with Gasteiger partial charge in [-0.25, -0.2) is 14.4 Å². The molecule has 3 N–H and O–H groups in total. The first-order chi connectivity index (χ1) is 30.3. The summed E-state index contributed by atoms with van der Waals surface area (Å²) in [6.45, 7) is 12.9. The Morgan fingerprint density at radius 3 is 2.05 bits per heavy atom. The molecule has 0 radical (unpaired) electrons. The van der Waals surface area contributed by atoms with Gasteiger partial charge in [-0.05, 0) is 73.8 Å². The maximum atomic E-state index is 13.7. The highest BCUT2D eigenvalue weighted by molar-refractivity contribution is 6.01. The van der Waals surface area contributed by atoms with Crippen molar-refractivity contribution in [2.75, 3.05) is 40.5 Å². The molecule has 3 aliphatic heterocycles. The van der Waals surface area contributed by atoms with Gasteiger partial charge in [0.15, 0.2) is 12.4 Å². The number of likely N-dealkylation sites (tertiary alicyclic amines) is 2. The van der Waals surface area contributed by atoms with Crippen molar-refractivity contribution in [2.24, 2.45) is 11.8 Å². The van der Waals surface area contributed by atoms with Crippen molar-refractivity contribution in [1.82, 2.24) is 15.1 Å². The molecular formula is C48H63N4O12+. The van der Waals surface area contributed by atoms with E-state index in [-0.39, 0.29) is 42.3 Å². The molecule has 16 nitrogen and oxygen atoms in total. The maximum Gasteiger partial charge on any atom is 0.545 e. The number of esters is 2. The minimum atomic E-state index is -1.30. The van der Waals surface area contributed by atoms with Crippen LogP contribution in [0.15, 0.2) is 60.2 Å². The van der Waals surface area contributed by atoms with Crippen molar-refractivity contribution < 1.29 is 62.6 Å². The highest BCUT2D eigenvalue weighted by atomic mass is 16.6. The summed E-state index contributed by atoms with van der Waals surface area (Å²) >= 11 is 0. The molecule has 0 spiro atoms. The Bertz CT molecular complexity index is 2250. The number of alkyl carbamates (subject to hydrolysis) is 1. The zero-order valence-electron chi connectivity index (χ0n) is 38.4. The molecular weight excluding hydrogens is 825 g/mol.